The Kier molecular flexibility index (Phi) is 5.22. The number of ether oxygens (including phenoxy) is 1. The third-order valence-corrected chi connectivity index (χ3v) is 3.85. The van der Waals surface area contributed by atoms with Crippen molar-refractivity contribution >= 4 is 11.8 Å². The van der Waals surface area contributed by atoms with Crippen molar-refractivity contribution < 1.29 is 14.3 Å². The summed E-state index contributed by atoms with van der Waals surface area (Å²) < 4.78 is 5.26. The smallest absolute Gasteiger partial charge is 0.237 e. The number of carbonyl (C=O) groups is 2. The van der Waals surface area contributed by atoms with Gasteiger partial charge in [-0.05, 0) is 5.41 Å². The summed E-state index contributed by atoms with van der Waals surface area (Å²) in [6.45, 7) is 11.2. The van der Waals surface area contributed by atoms with Crippen LogP contribution < -0.4 is 5.32 Å². The van der Waals surface area contributed by atoms with E-state index in [1.165, 1.54) is 0 Å². The van der Waals surface area contributed by atoms with E-state index in [0.717, 1.165) is 13.1 Å². The summed E-state index contributed by atoms with van der Waals surface area (Å²) in [6, 6.07) is -0.340. The number of carbonyl (C=O) groups excluding carboxylic acids is 2. The van der Waals surface area contributed by atoms with E-state index in [4.69, 9.17) is 4.74 Å². The van der Waals surface area contributed by atoms with E-state index in [-0.39, 0.29) is 29.7 Å². The molecular formula is C15H27N3O3. The fourth-order valence-electron chi connectivity index (χ4n) is 2.89. The van der Waals surface area contributed by atoms with Crippen molar-refractivity contribution in [3.63, 3.8) is 0 Å². The van der Waals surface area contributed by atoms with Crippen LogP contribution in [0.4, 0.5) is 0 Å². The maximum absolute atomic E-state index is 12.4. The Balaban J connectivity index is 1.98. The van der Waals surface area contributed by atoms with Crippen LogP contribution in [0.25, 0.3) is 0 Å². The first-order valence-corrected chi connectivity index (χ1v) is 7.74. The van der Waals surface area contributed by atoms with Crippen LogP contribution in [0, 0.1) is 5.41 Å². The summed E-state index contributed by atoms with van der Waals surface area (Å²) in [7, 11) is 0. The lowest BCUT2D eigenvalue weighted by Gasteiger charge is -2.39. The number of hydrogen-bond donors (Lipinski definition) is 1. The molecule has 6 heteroatoms. The third-order valence-electron chi connectivity index (χ3n) is 3.85. The van der Waals surface area contributed by atoms with Gasteiger partial charge in [-0.15, -0.1) is 0 Å². The molecule has 21 heavy (non-hydrogen) atoms. The normalized spacial score (nSPS) is 24.8. The molecule has 0 spiro atoms. The predicted molar refractivity (Wildman–Crippen MR) is 79.8 cm³/mol. The molecule has 0 aromatic carbocycles. The van der Waals surface area contributed by atoms with Crippen LogP contribution in [0.5, 0.6) is 0 Å². The van der Waals surface area contributed by atoms with E-state index in [1.807, 2.05) is 0 Å². The second-order valence-electron chi connectivity index (χ2n) is 7.04. The molecule has 2 saturated heterocycles. The minimum Gasteiger partial charge on any atom is -0.378 e. The number of amides is 2. The molecule has 6 nitrogen and oxygen atoms in total. The fourth-order valence-corrected chi connectivity index (χ4v) is 2.89. The van der Waals surface area contributed by atoms with Crippen LogP contribution in [-0.2, 0) is 14.3 Å². The molecule has 0 aromatic heterocycles. The number of nitrogens with zero attached hydrogens (tertiary/aromatic N) is 2. The van der Waals surface area contributed by atoms with Crippen molar-refractivity contribution in [3.05, 3.63) is 0 Å². The highest BCUT2D eigenvalue weighted by Gasteiger charge is 2.34. The Labute approximate surface area is 126 Å². The van der Waals surface area contributed by atoms with Gasteiger partial charge in [0.25, 0.3) is 0 Å². The van der Waals surface area contributed by atoms with Gasteiger partial charge in [-0.3, -0.25) is 14.5 Å². The molecule has 0 aliphatic carbocycles. The van der Waals surface area contributed by atoms with Gasteiger partial charge in [0.1, 0.15) is 0 Å². The summed E-state index contributed by atoms with van der Waals surface area (Å²) in [6.07, 6.45) is 0.266. The van der Waals surface area contributed by atoms with Crippen molar-refractivity contribution in [1.82, 2.24) is 15.1 Å². The Morgan fingerprint density at radius 2 is 1.95 bits per heavy atom. The highest BCUT2D eigenvalue weighted by atomic mass is 16.5. The lowest BCUT2D eigenvalue weighted by atomic mass is 9.94. The number of rotatable bonds is 3. The summed E-state index contributed by atoms with van der Waals surface area (Å²) in [5.74, 6) is 0.0337. The number of hydrogen-bond acceptors (Lipinski definition) is 4. The lowest BCUT2D eigenvalue weighted by molar-refractivity contribution is -0.141. The van der Waals surface area contributed by atoms with Gasteiger partial charge in [0.15, 0.2) is 0 Å². The maximum Gasteiger partial charge on any atom is 0.237 e. The first-order chi connectivity index (χ1) is 9.87. The maximum atomic E-state index is 12.4. The Hall–Kier alpha value is -1.14. The molecule has 2 fully saturated rings. The quantitative estimate of drug-likeness (QED) is 0.801. The minimum absolute atomic E-state index is 0.0212. The van der Waals surface area contributed by atoms with E-state index in [0.29, 0.717) is 32.8 Å². The van der Waals surface area contributed by atoms with E-state index in [1.54, 1.807) is 4.90 Å². The second kappa shape index (κ2) is 6.75. The van der Waals surface area contributed by atoms with Gasteiger partial charge in [-0.1, -0.05) is 20.8 Å². The van der Waals surface area contributed by atoms with Gasteiger partial charge in [-0.25, -0.2) is 0 Å². The van der Waals surface area contributed by atoms with E-state index >= 15 is 0 Å². The molecule has 2 aliphatic heterocycles. The molecule has 1 unspecified atom stereocenters. The largest absolute Gasteiger partial charge is 0.378 e. The lowest BCUT2D eigenvalue weighted by Crippen LogP contribution is -2.58. The number of morpholine rings is 1. The van der Waals surface area contributed by atoms with Crippen molar-refractivity contribution in [2.75, 3.05) is 45.9 Å². The van der Waals surface area contributed by atoms with E-state index in [2.05, 4.69) is 31.0 Å². The molecule has 2 aliphatic rings. The number of nitrogens with one attached hydrogen (secondary N) is 1. The van der Waals surface area contributed by atoms with Crippen LogP contribution in [0.15, 0.2) is 0 Å². The van der Waals surface area contributed by atoms with Gasteiger partial charge in [0, 0.05) is 32.7 Å². The Morgan fingerprint density at radius 3 is 2.57 bits per heavy atom. The van der Waals surface area contributed by atoms with Crippen LogP contribution in [0.1, 0.15) is 27.2 Å². The Bertz CT molecular complexity index is 386. The molecule has 0 radical (unpaired) electrons. The van der Waals surface area contributed by atoms with Crippen LogP contribution in [0.3, 0.4) is 0 Å². The average molecular weight is 297 g/mol. The second-order valence-corrected chi connectivity index (χ2v) is 7.04. The molecular weight excluding hydrogens is 270 g/mol. The van der Waals surface area contributed by atoms with Crippen molar-refractivity contribution in [2.45, 2.75) is 33.2 Å². The molecule has 0 bridgehead atoms. The average Bonchev–Trinajstić information content (AvgIpc) is 2.42. The van der Waals surface area contributed by atoms with Gasteiger partial charge in [-0.2, -0.15) is 0 Å². The monoisotopic (exact) mass is 297 g/mol. The summed E-state index contributed by atoms with van der Waals surface area (Å²) in [5, 5.41) is 2.88. The molecule has 120 valence electrons. The fraction of sp³-hybridized carbons (Fsp3) is 0.867. The molecule has 2 rings (SSSR count). The van der Waals surface area contributed by atoms with Crippen LogP contribution >= 0.6 is 0 Å². The molecule has 1 N–H and O–H groups in total. The molecule has 2 amide bonds. The number of piperazine rings is 1. The molecule has 0 saturated carbocycles. The van der Waals surface area contributed by atoms with Gasteiger partial charge < -0.3 is 15.0 Å². The Morgan fingerprint density at radius 1 is 1.29 bits per heavy atom. The van der Waals surface area contributed by atoms with Crippen LogP contribution in [0.2, 0.25) is 0 Å². The van der Waals surface area contributed by atoms with Crippen molar-refractivity contribution in [1.29, 1.82) is 0 Å². The van der Waals surface area contributed by atoms with E-state index in [9.17, 15) is 9.59 Å². The van der Waals surface area contributed by atoms with Gasteiger partial charge in [0.2, 0.25) is 11.8 Å². The first-order valence-electron chi connectivity index (χ1n) is 7.74. The van der Waals surface area contributed by atoms with Gasteiger partial charge >= 0.3 is 0 Å². The third kappa shape index (κ3) is 4.68. The summed E-state index contributed by atoms with van der Waals surface area (Å²) in [5.41, 5.74) is 0.109. The zero-order chi connectivity index (χ0) is 15.5. The SMILES string of the molecule is CC(C)(C)CN1CCNC(=O)C1CC(=O)N1CCOCC1. The van der Waals surface area contributed by atoms with Crippen molar-refractivity contribution in [3.8, 4) is 0 Å². The zero-order valence-corrected chi connectivity index (χ0v) is 13.4. The topological polar surface area (TPSA) is 61.9 Å². The zero-order valence-electron chi connectivity index (χ0n) is 13.4. The summed E-state index contributed by atoms with van der Waals surface area (Å²) >= 11 is 0. The molecule has 0 aromatic rings. The predicted octanol–water partition coefficient (Wildman–Crippen LogP) is 0.0818. The first kappa shape index (κ1) is 16.2. The minimum atomic E-state index is -0.340. The van der Waals surface area contributed by atoms with Crippen molar-refractivity contribution in [2.24, 2.45) is 5.41 Å². The van der Waals surface area contributed by atoms with E-state index < -0.39 is 0 Å². The van der Waals surface area contributed by atoms with Gasteiger partial charge in [0.05, 0.1) is 25.7 Å². The molecule has 2 heterocycles. The molecule has 1 atom stereocenters. The highest BCUT2D eigenvalue weighted by molar-refractivity contribution is 5.88. The summed E-state index contributed by atoms with van der Waals surface area (Å²) in [4.78, 5) is 28.5. The van der Waals surface area contributed by atoms with Crippen LogP contribution in [-0.4, -0.2) is 73.6 Å². The standard InChI is InChI=1S/C15H27N3O3/c1-15(2,3)11-18-5-4-16-14(20)12(18)10-13(19)17-6-8-21-9-7-17/h12H,4-11H2,1-3H3,(H,16,20). The highest BCUT2D eigenvalue weighted by Crippen LogP contribution is 2.20.